The van der Waals surface area contributed by atoms with Crippen LogP contribution in [0, 0.1) is 5.92 Å². The molecule has 3 heterocycles. The zero-order chi connectivity index (χ0) is 23.4. The molecule has 0 bridgehead atoms. The molecule has 1 aromatic heterocycles. The Morgan fingerprint density at radius 3 is 2.73 bits per heavy atom. The van der Waals surface area contributed by atoms with Gasteiger partial charge in [-0.2, -0.15) is 13.2 Å². The number of carbonyl (C=O) groups excluding carboxylic acids is 1. The number of ether oxygens (including phenoxy) is 2. The van der Waals surface area contributed by atoms with Gasteiger partial charge in [-0.25, -0.2) is 4.98 Å². The molecule has 4 rings (SSSR count). The molecule has 2 aliphatic heterocycles. The molecule has 0 saturated carbocycles. The molecule has 0 spiro atoms. The number of rotatable bonds is 6. The van der Waals surface area contributed by atoms with E-state index in [4.69, 9.17) is 15.2 Å². The Kier molecular flexibility index (Phi) is 6.92. The molecule has 2 aliphatic rings. The number of halogens is 3. The highest BCUT2D eigenvalue weighted by Gasteiger charge is 2.38. The molecule has 10 heteroatoms. The molecule has 1 saturated heterocycles. The van der Waals surface area contributed by atoms with Crippen molar-refractivity contribution in [3.8, 4) is 11.5 Å². The predicted octanol–water partition coefficient (Wildman–Crippen LogP) is 2.89. The minimum atomic E-state index is -4.50. The number of piperidine rings is 1. The topological polar surface area (TPSA) is 89.7 Å². The maximum Gasteiger partial charge on any atom is 0.420 e. The average Bonchev–Trinajstić information content (AvgIpc) is 2.79. The van der Waals surface area contributed by atoms with Gasteiger partial charge in [-0.3, -0.25) is 9.69 Å². The number of nitrogens with zero attached hydrogens (tertiary/aromatic N) is 2. The number of anilines is 1. The molecule has 0 unspecified atom stereocenters. The Balaban J connectivity index is 1.22. The second-order valence-corrected chi connectivity index (χ2v) is 8.45. The number of alkyl halides is 3. The SMILES string of the molecule is Nc1ncccc1CC(=O)NCC1CCN(C[C@H]2COc3cccc(C(F)(F)F)c3O2)CC1. The molecule has 1 atom stereocenters. The monoisotopic (exact) mass is 464 g/mol. The van der Waals surface area contributed by atoms with E-state index >= 15 is 0 Å². The Morgan fingerprint density at radius 1 is 1.21 bits per heavy atom. The predicted molar refractivity (Wildman–Crippen MR) is 116 cm³/mol. The van der Waals surface area contributed by atoms with Gasteiger partial charge in [0.15, 0.2) is 11.5 Å². The lowest BCUT2D eigenvalue weighted by atomic mass is 9.96. The van der Waals surface area contributed by atoms with Crippen LogP contribution in [0.3, 0.4) is 0 Å². The summed E-state index contributed by atoms with van der Waals surface area (Å²) < 4.78 is 51.1. The summed E-state index contributed by atoms with van der Waals surface area (Å²) >= 11 is 0. The Labute approximate surface area is 190 Å². The van der Waals surface area contributed by atoms with Crippen molar-refractivity contribution in [2.75, 3.05) is 38.5 Å². The van der Waals surface area contributed by atoms with Gasteiger partial charge in [0.1, 0.15) is 24.1 Å². The fraction of sp³-hybridized carbons (Fsp3) is 0.478. The van der Waals surface area contributed by atoms with Gasteiger partial charge in [0.05, 0.1) is 6.42 Å². The maximum atomic E-state index is 13.3. The number of likely N-dealkylation sites (tertiary alicyclic amines) is 1. The minimum Gasteiger partial charge on any atom is -0.486 e. The Morgan fingerprint density at radius 2 is 2.00 bits per heavy atom. The maximum absolute atomic E-state index is 13.3. The molecule has 1 fully saturated rings. The lowest BCUT2D eigenvalue weighted by molar-refractivity contribution is -0.140. The van der Waals surface area contributed by atoms with Crippen LogP contribution >= 0.6 is 0 Å². The molecular formula is C23H27F3N4O3. The molecule has 33 heavy (non-hydrogen) atoms. The first-order chi connectivity index (χ1) is 15.8. The van der Waals surface area contributed by atoms with Crippen molar-refractivity contribution in [3.63, 3.8) is 0 Å². The van der Waals surface area contributed by atoms with Gasteiger partial charge in [0, 0.05) is 24.8 Å². The molecule has 2 aromatic rings. The summed E-state index contributed by atoms with van der Waals surface area (Å²) in [5.74, 6) is 0.512. The highest BCUT2D eigenvalue weighted by Crippen LogP contribution is 2.43. The van der Waals surface area contributed by atoms with E-state index in [0.717, 1.165) is 32.0 Å². The molecule has 1 aromatic carbocycles. The molecule has 1 amide bonds. The van der Waals surface area contributed by atoms with E-state index in [2.05, 4.69) is 15.2 Å². The van der Waals surface area contributed by atoms with E-state index in [1.54, 1.807) is 18.3 Å². The summed E-state index contributed by atoms with van der Waals surface area (Å²) in [5, 5.41) is 2.96. The number of hydrogen-bond acceptors (Lipinski definition) is 6. The van der Waals surface area contributed by atoms with Crippen molar-refractivity contribution in [2.24, 2.45) is 5.92 Å². The number of pyridine rings is 1. The summed E-state index contributed by atoms with van der Waals surface area (Å²) in [5.41, 5.74) is 5.68. The molecule has 7 nitrogen and oxygen atoms in total. The number of aromatic nitrogens is 1. The second-order valence-electron chi connectivity index (χ2n) is 8.45. The van der Waals surface area contributed by atoms with Crippen LogP contribution in [0.4, 0.5) is 19.0 Å². The highest BCUT2D eigenvalue weighted by molar-refractivity contribution is 5.79. The van der Waals surface area contributed by atoms with Gasteiger partial charge in [0.25, 0.3) is 0 Å². The normalized spacial score (nSPS) is 19.3. The highest BCUT2D eigenvalue weighted by atomic mass is 19.4. The number of nitrogen functional groups attached to an aromatic ring is 1. The molecular weight excluding hydrogens is 437 g/mol. The molecule has 0 aliphatic carbocycles. The number of nitrogens with two attached hydrogens (primary N) is 1. The van der Waals surface area contributed by atoms with Gasteiger partial charge in [-0.15, -0.1) is 0 Å². The van der Waals surface area contributed by atoms with Crippen LogP contribution in [0.1, 0.15) is 24.0 Å². The van der Waals surface area contributed by atoms with Gasteiger partial charge < -0.3 is 20.5 Å². The quantitative estimate of drug-likeness (QED) is 0.684. The third-order valence-electron chi connectivity index (χ3n) is 6.03. The van der Waals surface area contributed by atoms with E-state index in [1.807, 2.05) is 0 Å². The Bertz CT molecular complexity index is 978. The van der Waals surface area contributed by atoms with Crippen molar-refractivity contribution in [3.05, 3.63) is 47.7 Å². The standard InChI is InChI=1S/C23H27F3N4O3/c24-23(25,26)18-4-1-5-19-21(18)33-17(14-32-19)13-30-9-6-15(7-10-30)12-29-20(31)11-16-3-2-8-28-22(16)27/h1-5,8,15,17H,6-7,9-14H2,(H2,27,28)(H,29,31)/t17-/m0/s1. The number of benzene rings is 1. The number of amides is 1. The first-order valence-electron chi connectivity index (χ1n) is 11.0. The lowest BCUT2D eigenvalue weighted by Gasteiger charge is -2.36. The Hall–Kier alpha value is -3.01. The first-order valence-corrected chi connectivity index (χ1v) is 11.0. The largest absolute Gasteiger partial charge is 0.486 e. The summed E-state index contributed by atoms with van der Waals surface area (Å²) in [6.07, 6.45) is -1.42. The fourth-order valence-electron chi connectivity index (χ4n) is 4.20. The van der Waals surface area contributed by atoms with Crippen LogP contribution in [-0.4, -0.2) is 54.7 Å². The summed E-state index contributed by atoms with van der Waals surface area (Å²) in [7, 11) is 0. The summed E-state index contributed by atoms with van der Waals surface area (Å²) in [6.45, 7) is 2.85. The van der Waals surface area contributed by atoms with E-state index < -0.39 is 17.8 Å². The summed E-state index contributed by atoms with van der Waals surface area (Å²) in [4.78, 5) is 18.4. The van der Waals surface area contributed by atoms with Crippen LogP contribution in [-0.2, 0) is 17.4 Å². The molecule has 3 N–H and O–H groups in total. The van der Waals surface area contributed by atoms with Gasteiger partial charge in [-0.1, -0.05) is 12.1 Å². The fourth-order valence-corrected chi connectivity index (χ4v) is 4.20. The van der Waals surface area contributed by atoms with E-state index in [9.17, 15) is 18.0 Å². The van der Waals surface area contributed by atoms with Crippen molar-refractivity contribution >= 4 is 11.7 Å². The van der Waals surface area contributed by atoms with Crippen molar-refractivity contribution in [1.82, 2.24) is 15.2 Å². The molecule has 0 radical (unpaired) electrons. The van der Waals surface area contributed by atoms with Crippen LogP contribution in [0.5, 0.6) is 11.5 Å². The smallest absolute Gasteiger partial charge is 0.420 e. The van der Waals surface area contributed by atoms with Gasteiger partial charge >= 0.3 is 6.18 Å². The van der Waals surface area contributed by atoms with Crippen molar-refractivity contribution < 1.29 is 27.4 Å². The van der Waals surface area contributed by atoms with Crippen molar-refractivity contribution in [1.29, 1.82) is 0 Å². The van der Waals surface area contributed by atoms with Gasteiger partial charge in [0.2, 0.25) is 5.91 Å². The minimum absolute atomic E-state index is 0.0935. The number of nitrogens with one attached hydrogen (secondary N) is 1. The lowest BCUT2D eigenvalue weighted by Crippen LogP contribution is -2.45. The third kappa shape index (κ3) is 5.87. The number of carbonyl (C=O) groups is 1. The number of fused-ring (bicyclic) bond motifs is 1. The van der Waals surface area contributed by atoms with Crippen LogP contribution in [0.25, 0.3) is 0 Å². The zero-order valence-electron chi connectivity index (χ0n) is 18.1. The zero-order valence-corrected chi connectivity index (χ0v) is 18.1. The van der Waals surface area contributed by atoms with Gasteiger partial charge in [-0.05, 0) is 50.0 Å². The third-order valence-corrected chi connectivity index (χ3v) is 6.03. The van der Waals surface area contributed by atoms with Crippen molar-refractivity contribution in [2.45, 2.75) is 31.5 Å². The number of hydrogen-bond donors (Lipinski definition) is 2. The average molecular weight is 464 g/mol. The van der Waals surface area contributed by atoms with Crippen LogP contribution in [0.2, 0.25) is 0 Å². The molecule has 178 valence electrons. The number of para-hydroxylation sites is 1. The summed E-state index contributed by atoms with van der Waals surface area (Å²) in [6, 6.07) is 7.35. The van der Waals surface area contributed by atoms with E-state index in [1.165, 1.54) is 12.1 Å². The van der Waals surface area contributed by atoms with E-state index in [0.29, 0.717) is 30.4 Å². The first kappa shape index (κ1) is 23.2. The van der Waals surface area contributed by atoms with E-state index in [-0.39, 0.29) is 30.4 Å². The second kappa shape index (κ2) is 9.86. The van der Waals surface area contributed by atoms with Crippen LogP contribution in [0.15, 0.2) is 36.5 Å². The van der Waals surface area contributed by atoms with Crippen LogP contribution < -0.4 is 20.5 Å².